The Morgan fingerprint density at radius 3 is 2.24 bits per heavy atom. The fourth-order valence-electron chi connectivity index (χ4n) is 1.60. The van der Waals surface area contributed by atoms with E-state index in [-0.39, 0.29) is 18.2 Å². The van der Waals surface area contributed by atoms with E-state index >= 15 is 0 Å². The second kappa shape index (κ2) is 5.03. The summed E-state index contributed by atoms with van der Waals surface area (Å²) in [6.45, 7) is 0.000861. The number of hydrogen-bond donors (Lipinski definition) is 1. The minimum absolute atomic E-state index is 0.000861. The Kier molecular flexibility index (Phi) is 3.46. The van der Waals surface area contributed by atoms with E-state index in [1.807, 2.05) is 0 Å². The standard InChI is InChI=1S/C13H11F2NO/c14-12-4-1-9(2-5-12)10-3-6-13(15)11(7-10)8-17-16/h1-7H,8,16H2. The first kappa shape index (κ1) is 11.7. The van der Waals surface area contributed by atoms with Crippen LogP contribution in [-0.4, -0.2) is 0 Å². The molecule has 2 nitrogen and oxygen atoms in total. The van der Waals surface area contributed by atoms with E-state index in [0.717, 1.165) is 11.1 Å². The highest BCUT2D eigenvalue weighted by Crippen LogP contribution is 2.22. The fraction of sp³-hybridized carbons (Fsp3) is 0.0769. The minimum atomic E-state index is -0.374. The number of halogens is 2. The first-order chi connectivity index (χ1) is 8.20. The number of benzene rings is 2. The van der Waals surface area contributed by atoms with E-state index in [2.05, 4.69) is 4.84 Å². The van der Waals surface area contributed by atoms with Gasteiger partial charge in [0.15, 0.2) is 0 Å². The molecule has 0 radical (unpaired) electrons. The first-order valence-electron chi connectivity index (χ1n) is 5.07. The summed E-state index contributed by atoms with van der Waals surface area (Å²) < 4.78 is 26.1. The normalized spacial score (nSPS) is 10.5. The van der Waals surface area contributed by atoms with Crippen molar-refractivity contribution >= 4 is 0 Å². The van der Waals surface area contributed by atoms with E-state index in [1.165, 1.54) is 18.2 Å². The summed E-state index contributed by atoms with van der Waals surface area (Å²) in [6, 6.07) is 10.6. The van der Waals surface area contributed by atoms with Gasteiger partial charge in [-0.15, -0.1) is 0 Å². The molecule has 0 unspecified atom stereocenters. The highest BCUT2D eigenvalue weighted by atomic mass is 19.1. The van der Waals surface area contributed by atoms with Gasteiger partial charge in [-0.2, -0.15) is 0 Å². The van der Waals surface area contributed by atoms with E-state index in [1.54, 1.807) is 24.3 Å². The summed E-state index contributed by atoms with van der Waals surface area (Å²) >= 11 is 0. The molecule has 0 heterocycles. The van der Waals surface area contributed by atoms with Crippen LogP contribution in [0.15, 0.2) is 42.5 Å². The molecular formula is C13H11F2NO. The molecule has 17 heavy (non-hydrogen) atoms. The van der Waals surface area contributed by atoms with Gasteiger partial charge in [0.1, 0.15) is 11.6 Å². The van der Waals surface area contributed by atoms with E-state index < -0.39 is 0 Å². The largest absolute Gasteiger partial charge is 0.300 e. The zero-order valence-electron chi connectivity index (χ0n) is 8.99. The molecule has 0 atom stereocenters. The van der Waals surface area contributed by atoms with E-state index in [0.29, 0.717) is 5.56 Å². The molecule has 2 rings (SSSR count). The molecule has 0 aliphatic carbocycles. The van der Waals surface area contributed by atoms with Gasteiger partial charge in [-0.25, -0.2) is 14.7 Å². The molecule has 2 aromatic rings. The van der Waals surface area contributed by atoms with Crippen LogP contribution < -0.4 is 5.90 Å². The van der Waals surface area contributed by atoms with Crippen LogP contribution in [0, 0.1) is 11.6 Å². The Bertz CT molecular complexity index is 511. The van der Waals surface area contributed by atoms with Crippen molar-refractivity contribution in [2.75, 3.05) is 0 Å². The van der Waals surface area contributed by atoms with Crippen molar-refractivity contribution in [3.63, 3.8) is 0 Å². The predicted molar refractivity (Wildman–Crippen MR) is 60.8 cm³/mol. The lowest BCUT2D eigenvalue weighted by Gasteiger charge is -2.06. The van der Waals surface area contributed by atoms with Crippen molar-refractivity contribution in [1.82, 2.24) is 0 Å². The van der Waals surface area contributed by atoms with Crippen LogP contribution in [-0.2, 0) is 11.4 Å². The monoisotopic (exact) mass is 235 g/mol. The van der Waals surface area contributed by atoms with Crippen molar-refractivity contribution in [3.8, 4) is 11.1 Å². The van der Waals surface area contributed by atoms with Crippen LogP contribution in [0.1, 0.15) is 5.56 Å². The quantitative estimate of drug-likeness (QED) is 0.830. The van der Waals surface area contributed by atoms with E-state index in [9.17, 15) is 8.78 Å². The van der Waals surface area contributed by atoms with Gasteiger partial charge >= 0.3 is 0 Å². The zero-order chi connectivity index (χ0) is 12.3. The summed E-state index contributed by atoms with van der Waals surface area (Å²) in [4.78, 5) is 4.42. The third-order valence-corrected chi connectivity index (χ3v) is 2.46. The van der Waals surface area contributed by atoms with Crippen molar-refractivity contribution in [3.05, 3.63) is 59.7 Å². The average molecular weight is 235 g/mol. The highest BCUT2D eigenvalue weighted by molar-refractivity contribution is 5.64. The summed E-state index contributed by atoms with van der Waals surface area (Å²) in [5.41, 5.74) is 1.97. The summed E-state index contributed by atoms with van der Waals surface area (Å²) in [5.74, 6) is 4.24. The Morgan fingerprint density at radius 2 is 1.59 bits per heavy atom. The van der Waals surface area contributed by atoms with E-state index in [4.69, 9.17) is 5.90 Å². The predicted octanol–water partition coefficient (Wildman–Crippen LogP) is 3.02. The summed E-state index contributed by atoms with van der Waals surface area (Å²) in [6.07, 6.45) is 0. The molecule has 0 fully saturated rings. The number of hydrogen-bond acceptors (Lipinski definition) is 2. The second-order valence-electron chi connectivity index (χ2n) is 3.62. The molecule has 4 heteroatoms. The smallest absolute Gasteiger partial charge is 0.128 e. The van der Waals surface area contributed by atoms with Gasteiger partial charge < -0.3 is 0 Å². The fourth-order valence-corrected chi connectivity index (χ4v) is 1.60. The molecule has 0 saturated heterocycles. The van der Waals surface area contributed by atoms with Crippen molar-refractivity contribution < 1.29 is 13.6 Å². The van der Waals surface area contributed by atoms with Gasteiger partial charge in [-0.05, 0) is 35.4 Å². The highest BCUT2D eigenvalue weighted by Gasteiger charge is 2.05. The molecule has 0 aromatic heterocycles. The van der Waals surface area contributed by atoms with Crippen molar-refractivity contribution in [2.45, 2.75) is 6.61 Å². The van der Waals surface area contributed by atoms with Crippen LogP contribution >= 0.6 is 0 Å². The molecule has 0 saturated carbocycles. The maximum atomic E-state index is 13.3. The Morgan fingerprint density at radius 1 is 0.941 bits per heavy atom. The molecular weight excluding hydrogens is 224 g/mol. The molecule has 2 N–H and O–H groups in total. The lowest BCUT2D eigenvalue weighted by Crippen LogP contribution is -2.01. The molecule has 2 aromatic carbocycles. The van der Waals surface area contributed by atoms with Gasteiger partial charge in [0.05, 0.1) is 6.61 Å². The van der Waals surface area contributed by atoms with Gasteiger partial charge in [0.2, 0.25) is 0 Å². The molecule has 88 valence electrons. The van der Waals surface area contributed by atoms with Crippen LogP contribution in [0.2, 0.25) is 0 Å². The van der Waals surface area contributed by atoms with Crippen LogP contribution in [0.25, 0.3) is 11.1 Å². The molecule has 0 spiro atoms. The van der Waals surface area contributed by atoms with Gasteiger partial charge in [-0.1, -0.05) is 18.2 Å². The second-order valence-corrected chi connectivity index (χ2v) is 3.62. The van der Waals surface area contributed by atoms with Crippen LogP contribution in [0.4, 0.5) is 8.78 Å². The molecule has 0 aliphatic heterocycles. The first-order valence-corrected chi connectivity index (χ1v) is 5.07. The third-order valence-electron chi connectivity index (χ3n) is 2.46. The summed E-state index contributed by atoms with van der Waals surface area (Å²) in [7, 11) is 0. The van der Waals surface area contributed by atoms with Crippen molar-refractivity contribution in [2.24, 2.45) is 5.90 Å². The molecule has 0 aliphatic rings. The maximum absolute atomic E-state index is 13.3. The maximum Gasteiger partial charge on any atom is 0.128 e. The number of rotatable bonds is 3. The van der Waals surface area contributed by atoms with Gasteiger partial charge in [-0.3, -0.25) is 4.84 Å². The topological polar surface area (TPSA) is 35.2 Å². The van der Waals surface area contributed by atoms with Crippen molar-refractivity contribution in [1.29, 1.82) is 0 Å². The van der Waals surface area contributed by atoms with Crippen LogP contribution in [0.3, 0.4) is 0 Å². The average Bonchev–Trinajstić information content (AvgIpc) is 2.33. The third kappa shape index (κ3) is 2.67. The Hall–Kier alpha value is -1.78. The van der Waals surface area contributed by atoms with Gasteiger partial charge in [0, 0.05) is 5.56 Å². The lowest BCUT2D eigenvalue weighted by atomic mass is 10.0. The minimum Gasteiger partial charge on any atom is -0.300 e. The zero-order valence-corrected chi connectivity index (χ0v) is 8.99. The number of nitrogens with two attached hydrogens (primary N) is 1. The molecule has 0 amide bonds. The van der Waals surface area contributed by atoms with Crippen LogP contribution in [0.5, 0.6) is 0 Å². The summed E-state index contributed by atoms with van der Waals surface area (Å²) in [5, 5.41) is 0. The molecule has 0 bridgehead atoms. The van der Waals surface area contributed by atoms with Gasteiger partial charge in [0.25, 0.3) is 0 Å². The SMILES string of the molecule is NOCc1cc(-c2ccc(F)cc2)ccc1F. The Labute approximate surface area is 97.6 Å². The lowest BCUT2D eigenvalue weighted by molar-refractivity contribution is 0.121. The Balaban J connectivity index is 2.39.